The van der Waals surface area contributed by atoms with Crippen molar-refractivity contribution in [3.8, 4) is 5.88 Å². The number of ether oxygens (including phenoxy) is 1. The van der Waals surface area contributed by atoms with Crippen LogP contribution in [-0.4, -0.2) is 42.3 Å². The van der Waals surface area contributed by atoms with E-state index < -0.39 is 0 Å². The van der Waals surface area contributed by atoms with Gasteiger partial charge in [-0.3, -0.25) is 0 Å². The quantitative estimate of drug-likeness (QED) is 0.779. The average Bonchev–Trinajstić information content (AvgIpc) is 2.16. The van der Waals surface area contributed by atoms with Crippen molar-refractivity contribution in [3.63, 3.8) is 0 Å². The SMILES string of the molecule is CN(C)CCOc1ccc(C(C)(C)C)nn1. The smallest absolute Gasteiger partial charge is 0.233 e. The fourth-order valence-corrected chi connectivity index (χ4v) is 1.13. The monoisotopic (exact) mass is 223 g/mol. The second-order valence-electron chi connectivity index (χ2n) is 5.16. The summed E-state index contributed by atoms with van der Waals surface area (Å²) < 4.78 is 5.47. The van der Waals surface area contributed by atoms with Crippen molar-refractivity contribution >= 4 is 0 Å². The zero-order valence-corrected chi connectivity index (χ0v) is 10.8. The van der Waals surface area contributed by atoms with Gasteiger partial charge < -0.3 is 9.64 Å². The van der Waals surface area contributed by atoms with Gasteiger partial charge in [0.1, 0.15) is 6.61 Å². The first-order chi connectivity index (χ1) is 7.39. The van der Waals surface area contributed by atoms with Gasteiger partial charge in [-0.2, -0.15) is 5.10 Å². The number of likely N-dealkylation sites (N-methyl/N-ethyl adjacent to an activating group) is 1. The minimum atomic E-state index is 0.0369. The topological polar surface area (TPSA) is 38.2 Å². The lowest BCUT2D eigenvalue weighted by atomic mass is 9.92. The lowest BCUT2D eigenvalue weighted by Crippen LogP contribution is -2.20. The highest BCUT2D eigenvalue weighted by Crippen LogP contribution is 2.19. The maximum absolute atomic E-state index is 5.47. The molecule has 0 aliphatic rings. The Hall–Kier alpha value is -1.16. The van der Waals surface area contributed by atoms with E-state index in [1.165, 1.54) is 0 Å². The molecule has 0 saturated heterocycles. The van der Waals surface area contributed by atoms with E-state index in [9.17, 15) is 0 Å². The molecule has 4 heteroatoms. The van der Waals surface area contributed by atoms with Gasteiger partial charge in [-0.1, -0.05) is 20.8 Å². The molecule has 4 nitrogen and oxygen atoms in total. The van der Waals surface area contributed by atoms with E-state index in [4.69, 9.17) is 4.74 Å². The van der Waals surface area contributed by atoms with Crippen LogP contribution in [0, 0.1) is 0 Å². The largest absolute Gasteiger partial charge is 0.475 e. The molecule has 0 spiro atoms. The van der Waals surface area contributed by atoms with E-state index in [1.54, 1.807) is 0 Å². The van der Waals surface area contributed by atoms with Gasteiger partial charge in [0.2, 0.25) is 5.88 Å². The van der Waals surface area contributed by atoms with Crippen molar-refractivity contribution in [2.24, 2.45) is 0 Å². The van der Waals surface area contributed by atoms with Gasteiger partial charge in [0.15, 0.2) is 0 Å². The van der Waals surface area contributed by atoms with Crippen LogP contribution >= 0.6 is 0 Å². The number of aromatic nitrogens is 2. The minimum Gasteiger partial charge on any atom is -0.475 e. The van der Waals surface area contributed by atoms with Gasteiger partial charge in [-0.25, -0.2) is 0 Å². The van der Waals surface area contributed by atoms with Gasteiger partial charge >= 0.3 is 0 Å². The summed E-state index contributed by atoms with van der Waals surface area (Å²) in [5.74, 6) is 0.592. The maximum Gasteiger partial charge on any atom is 0.233 e. The number of nitrogens with zero attached hydrogens (tertiary/aromatic N) is 3. The highest BCUT2D eigenvalue weighted by molar-refractivity contribution is 5.16. The van der Waals surface area contributed by atoms with Crippen LogP contribution in [0.3, 0.4) is 0 Å². The number of hydrogen-bond donors (Lipinski definition) is 0. The third-order valence-corrected chi connectivity index (χ3v) is 2.20. The summed E-state index contributed by atoms with van der Waals surface area (Å²) in [6.07, 6.45) is 0. The molecule has 1 aromatic rings. The fourth-order valence-electron chi connectivity index (χ4n) is 1.13. The van der Waals surface area contributed by atoms with Crippen molar-refractivity contribution in [3.05, 3.63) is 17.8 Å². The predicted molar refractivity (Wildman–Crippen MR) is 64.8 cm³/mol. The summed E-state index contributed by atoms with van der Waals surface area (Å²) in [5, 5.41) is 8.21. The molecule has 0 aliphatic carbocycles. The Morgan fingerprint density at radius 2 is 1.88 bits per heavy atom. The minimum absolute atomic E-state index is 0.0369. The van der Waals surface area contributed by atoms with E-state index >= 15 is 0 Å². The van der Waals surface area contributed by atoms with Gasteiger partial charge in [0, 0.05) is 18.0 Å². The summed E-state index contributed by atoms with van der Waals surface area (Å²) in [6.45, 7) is 7.86. The van der Waals surface area contributed by atoms with Crippen molar-refractivity contribution in [1.29, 1.82) is 0 Å². The van der Waals surface area contributed by atoms with Gasteiger partial charge in [-0.15, -0.1) is 5.10 Å². The third kappa shape index (κ3) is 4.14. The molecule has 0 aliphatic heterocycles. The van der Waals surface area contributed by atoms with Crippen LogP contribution in [0.4, 0.5) is 0 Å². The average molecular weight is 223 g/mol. The fraction of sp³-hybridized carbons (Fsp3) is 0.667. The molecule has 16 heavy (non-hydrogen) atoms. The molecule has 0 fully saturated rings. The van der Waals surface area contributed by atoms with Gasteiger partial charge in [0.25, 0.3) is 0 Å². The molecule has 1 aromatic heterocycles. The molecular formula is C12H21N3O. The Morgan fingerprint density at radius 3 is 2.31 bits per heavy atom. The van der Waals surface area contributed by atoms with Gasteiger partial charge in [-0.05, 0) is 20.2 Å². The molecule has 0 aromatic carbocycles. The van der Waals surface area contributed by atoms with Crippen molar-refractivity contribution < 1.29 is 4.74 Å². The van der Waals surface area contributed by atoms with Crippen molar-refractivity contribution in [2.75, 3.05) is 27.2 Å². The summed E-state index contributed by atoms with van der Waals surface area (Å²) in [6, 6.07) is 3.85. The molecule has 0 bridgehead atoms. The Balaban J connectivity index is 2.52. The Morgan fingerprint density at radius 1 is 1.19 bits per heavy atom. The van der Waals surface area contributed by atoms with Crippen molar-refractivity contribution in [2.45, 2.75) is 26.2 Å². The molecular weight excluding hydrogens is 202 g/mol. The standard InChI is InChI=1S/C12H21N3O/c1-12(2,3)10-6-7-11(14-13-10)16-9-8-15(4)5/h6-7H,8-9H2,1-5H3. The zero-order chi connectivity index (χ0) is 12.2. The molecule has 0 saturated carbocycles. The first kappa shape index (κ1) is 12.9. The normalized spacial score (nSPS) is 11.9. The van der Waals surface area contributed by atoms with E-state index in [0.29, 0.717) is 12.5 Å². The molecule has 1 heterocycles. The Bertz CT molecular complexity index is 314. The van der Waals surface area contributed by atoms with Crippen LogP contribution < -0.4 is 4.74 Å². The summed E-state index contributed by atoms with van der Waals surface area (Å²) in [7, 11) is 4.02. The first-order valence-corrected chi connectivity index (χ1v) is 5.51. The maximum atomic E-state index is 5.47. The van der Waals surface area contributed by atoms with Crippen LogP contribution in [0.5, 0.6) is 5.88 Å². The van der Waals surface area contributed by atoms with Crippen LogP contribution in [-0.2, 0) is 5.41 Å². The lowest BCUT2D eigenvalue weighted by molar-refractivity contribution is 0.251. The predicted octanol–water partition coefficient (Wildman–Crippen LogP) is 1.71. The highest BCUT2D eigenvalue weighted by atomic mass is 16.5. The lowest BCUT2D eigenvalue weighted by Gasteiger charge is -2.16. The third-order valence-electron chi connectivity index (χ3n) is 2.20. The zero-order valence-electron chi connectivity index (χ0n) is 10.8. The molecule has 0 atom stereocenters. The van der Waals surface area contributed by atoms with Crippen LogP contribution in [0.25, 0.3) is 0 Å². The number of hydrogen-bond acceptors (Lipinski definition) is 4. The molecule has 90 valence electrons. The van der Waals surface area contributed by atoms with E-state index in [0.717, 1.165) is 12.2 Å². The molecule has 0 unspecified atom stereocenters. The second kappa shape index (κ2) is 5.25. The Kier molecular flexibility index (Phi) is 4.24. The van der Waals surface area contributed by atoms with Gasteiger partial charge in [0.05, 0.1) is 5.69 Å². The van der Waals surface area contributed by atoms with Crippen LogP contribution in [0.1, 0.15) is 26.5 Å². The summed E-state index contributed by atoms with van der Waals surface area (Å²) >= 11 is 0. The molecule has 1 rings (SSSR count). The molecule has 0 radical (unpaired) electrons. The van der Waals surface area contributed by atoms with E-state index in [-0.39, 0.29) is 5.41 Å². The van der Waals surface area contributed by atoms with E-state index in [1.807, 2.05) is 26.2 Å². The molecule has 0 N–H and O–H groups in total. The number of rotatable bonds is 4. The summed E-state index contributed by atoms with van der Waals surface area (Å²) in [5.41, 5.74) is 1.02. The molecule has 0 amide bonds. The van der Waals surface area contributed by atoms with Crippen LogP contribution in [0.15, 0.2) is 12.1 Å². The second-order valence-corrected chi connectivity index (χ2v) is 5.16. The van der Waals surface area contributed by atoms with E-state index in [2.05, 4.69) is 35.9 Å². The first-order valence-electron chi connectivity index (χ1n) is 5.51. The Labute approximate surface area is 97.6 Å². The van der Waals surface area contributed by atoms with Crippen molar-refractivity contribution in [1.82, 2.24) is 15.1 Å². The van der Waals surface area contributed by atoms with Crippen LogP contribution in [0.2, 0.25) is 0 Å². The summed E-state index contributed by atoms with van der Waals surface area (Å²) in [4.78, 5) is 2.07. The highest BCUT2D eigenvalue weighted by Gasteiger charge is 2.15.